The molecule has 7 nitrogen and oxygen atoms in total. The van der Waals surface area contributed by atoms with E-state index < -0.39 is 59.6 Å². The van der Waals surface area contributed by atoms with E-state index in [1.54, 1.807) is 11.8 Å². The zero-order chi connectivity index (χ0) is 33.3. The molecule has 4 rings (SSSR count). The minimum absolute atomic E-state index is 0.0338. The van der Waals surface area contributed by atoms with Gasteiger partial charge in [-0.15, -0.1) is 0 Å². The number of hydrogen-bond donors (Lipinski definition) is 2. The quantitative estimate of drug-likeness (QED) is 0.379. The van der Waals surface area contributed by atoms with Crippen molar-refractivity contribution in [3.8, 4) is 0 Å². The van der Waals surface area contributed by atoms with E-state index in [0.29, 0.717) is 48.9 Å². The van der Waals surface area contributed by atoms with Crippen molar-refractivity contribution in [1.82, 2.24) is 15.1 Å². The number of amides is 4. The molecule has 3 N–H and O–H groups in total. The Hall–Kier alpha value is -3.84. The summed E-state index contributed by atoms with van der Waals surface area (Å²) in [6, 6.07) is 4.54. The number of nitrogens with zero attached hydrogens (tertiary/aromatic N) is 2. The van der Waals surface area contributed by atoms with Gasteiger partial charge in [-0.05, 0) is 86.1 Å². The van der Waals surface area contributed by atoms with E-state index in [0.717, 1.165) is 4.90 Å². The summed E-state index contributed by atoms with van der Waals surface area (Å²) in [6.45, 7) is 1.49. The van der Waals surface area contributed by atoms with Gasteiger partial charge in [-0.1, -0.05) is 6.07 Å². The van der Waals surface area contributed by atoms with Gasteiger partial charge in [0.25, 0.3) is 0 Å². The lowest BCUT2D eigenvalue weighted by Crippen LogP contribution is -2.50. The molecule has 0 unspecified atom stereocenters. The highest BCUT2D eigenvalue weighted by atomic mass is 19.4. The van der Waals surface area contributed by atoms with Crippen LogP contribution >= 0.6 is 0 Å². The first-order chi connectivity index (χ1) is 20.9. The SMILES string of the molecule is Cc1cc(F)ccc1[C@@H]1CN(C(=O)C2CCC(NC(N)=O)CC2)CC[C@H]1C(=O)N(C)Cc1cc(C(F)(F)F)cc(C(F)(F)F)c1. The van der Waals surface area contributed by atoms with Crippen molar-refractivity contribution in [2.45, 2.75) is 69.9 Å². The van der Waals surface area contributed by atoms with Gasteiger partial charge in [0.1, 0.15) is 5.82 Å². The van der Waals surface area contributed by atoms with Gasteiger partial charge in [-0.2, -0.15) is 26.3 Å². The number of rotatable bonds is 6. The minimum atomic E-state index is -5.03. The summed E-state index contributed by atoms with van der Waals surface area (Å²) < 4.78 is 94.4. The molecule has 0 radical (unpaired) electrons. The smallest absolute Gasteiger partial charge is 0.352 e. The number of urea groups is 1. The van der Waals surface area contributed by atoms with Gasteiger partial charge in [0, 0.05) is 50.5 Å². The summed E-state index contributed by atoms with van der Waals surface area (Å²) in [7, 11) is 1.31. The lowest BCUT2D eigenvalue weighted by atomic mass is 9.77. The number of aryl methyl sites for hydroxylation is 1. The Morgan fingerprint density at radius 1 is 0.933 bits per heavy atom. The zero-order valence-corrected chi connectivity index (χ0v) is 24.8. The average molecular weight is 645 g/mol. The second-order valence-corrected chi connectivity index (χ2v) is 12.0. The Bertz CT molecular complexity index is 1390. The van der Waals surface area contributed by atoms with Gasteiger partial charge >= 0.3 is 18.4 Å². The molecule has 0 bridgehead atoms. The van der Waals surface area contributed by atoms with Gasteiger partial charge in [0.05, 0.1) is 11.1 Å². The molecule has 2 fully saturated rings. The molecule has 2 atom stereocenters. The molecule has 4 amide bonds. The summed E-state index contributed by atoms with van der Waals surface area (Å²) in [4.78, 5) is 41.3. The van der Waals surface area contributed by atoms with Crippen LogP contribution in [0.2, 0.25) is 0 Å². The maximum atomic E-state index is 14.0. The third-order valence-electron chi connectivity index (χ3n) is 8.74. The van der Waals surface area contributed by atoms with Crippen LogP contribution in [-0.2, 0) is 28.5 Å². The number of nitrogens with two attached hydrogens (primary N) is 1. The maximum absolute atomic E-state index is 14.0. The van der Waals surface area contributed by atoms with E-state index in [2.05, 4.69) is 5.32 Å². The van der Waals surface area contributed by atoms with E-state index >= 15 is 0 Å². The Morgan fingerprint density at radius 3 is 2.07 bits per heavy atom. The van der Waals surface area contributed by atoms with Crippen LogP contribution in [0.25, 0.3) is 0 Å². The van der Waals surface area contributed by atoms with Crippen LogP contribution in [0.5, 0.6) is 0 Å². The highest BCUT2D eigenvalue weighted by Crippen LogP contribution is 2.39. The Morgan fingerprint density at radius 2 is 1.53 bits per heavy atom. The predicted octanol–water partition coefficient (Wildman–Crippen LogP) is 5.99. The molecule has 246 valence electrons. The van der Waals surface area contributed by atoms with E-state index in [1.807, 2.05) is 0 Å². The fraction of sp³-hybridized carbons (Fsp3) is 0.516. The van der Waals surface area contributed by atoms with E-state index in [4.69, 9.17) is 5.73 Å². The number of piperidine rings is 1. The first-order valence-electron chi connectivity index (χ1n) is 14.6. The average Bonchev–Trinajstić information content (AvgIpc) is 2.95. The van der Waals surface area contributed by atoms with Crippen molar-refractivity contribution in [3.63, 3.8) is 0 Å². The van der Waals surface area contributed by atoms with Gasteiger partial charge < -0.3 is 20.9 Å². The number of likely N-dealkylation sites (tertiary alicyclic amines) is 1. The van der Waals surface area contributed by atoms with Gasteiger partial charge in [0.15, 0.2) is 0 Å². The molecule has 2 aromatic rings. The lowest BCUT2D eigenvalue weighted by molar-refractivity contribution is -0.144. The fourth-order valence-electron chi connectivity index (χ4n) is 6.51. The number of carbonyl (C=O) groups excluding carboxylic acids is 3. The van der Waals surface area contributed by atoms with Gasteiger partial charge in [-0.3, -0.25) is 9.59 Å². The first kappa shape index (κ1) is 34.0. The van der Waals surface area contributed by atoms with Crippen LogP contribution in [0.3, 0.4) is 0 Å². The van der Waals surface area contributed by atoms with E-state index in [9.17, 15) is 45.1 Å². The molecule has 2 aromatic carbocycles. The summed E-state index contributed by atoms with van der Waals surface area (Å²) in [6.07, 6.45) is -7.66. The lowest BCUT2D eigenvalue weighted by Gasteiger charge is -2.42. The molecule has 1 aliphatic heterocycles. The van der Waals surface area contributed by atoms with Crippen molar-refractivity contribution < 1.29 is 45.1 Å². The molecule has 0 aromatic heterocycles. The number of primary amides is 1. The Balaban J connectivity index is 1.56. The van der Waals surface area contributed by atoms with Crippen LogP contribution in [0, 0.1) is 24.6 Å². The number of hydrogen-bond acceptors (Lipinski definition) is 3. The van der Waals surface area contributed by atoms with Crippen LogP contribution in [0.1, 0.15) is 65.8 Å². The number of halogens is 7. The van der Waals surface area contributed by atoms with Crippen molar-refractivity contribution in [2.24, 2.45) is 17.6 Å². The van der Waals surface area contributed by atoms with Gasteiger partial charge in [0.2, 0.25) is 11.8 Å². The summed E-state index contributed by atoms with van der Waals surface area (Å²) >= 11 is 0. The largest absolute Gasteiger partial charge is 0.416 e. The highest BCUT2D eigenvalue weighted by molar-refractivity contribution is 5.82. The third-order valence-corrected chi connectivity index (χ3v) is 8.74. The molecule has 2 aliphatic rings. The van der Waals surface area contributed by atoms with Crippen molar-refractivity contribution in [1.29, 1.82) is 0 Å². The molecule has 0 spiro atoms. The normalized spacial score (nSPS) is 22.6. The molecular formula is C31H35F7N4O3. The molecule has 1 aliphatic carbocycles. The number of nitrogens with one attached hydrogen (secondary N) is 1. The molecule has 14 heteroatoms. The van der Waals surface area contributed by atoms with E-state index in [1.165, 1.54) is 25.2 Å². The summed E-state index contributed by atoms with van der Waals surface area (Å²) in [5, 5.41) is 2.66. The second kappa shape index (κ2) is 13.3. The number of benzene rings is 2. The highest BCUT2D eigenvalue weighted by Gasteiger charge is 2.41. The van der Waals surface area contributed by atoms with Crippen LogP contribution in [0.15, 0.2) is 36.4 Å². The number of alkyl halides is 6. The molecule has 1 saturated heterocycles. The molecule has 1 heterocycles. The molecule has 45 heavy (non-hydrogen) atoms. The van der Waals surface area contributed by atoms with Crippen LogP contribution in [0.4, 0.5) is 35.5 Å². The maximum Gasteiger partial charge on any atom is 0.416 e. The summed E-state index contributed by atoms with van der Waals surface area (Å²) in [5.41, 5.74) is 3.08. The topological polar surface area (TPSA) is 95.7 Å². The van der Waals surface area contributed by atoms with Crippen LogP contribution in [-0.4, -0.2) is 53.8 Å². The predicted molar refractivity (Wildman–Crippen MR) is 150 cm³/mol. The molecular weight excluding hydrogens is 609 g/mol. The van der Waals surface area contributed by atoms with Crippen LogP contribution < -0.4 is 11.1 Å². The van der Waals surface area contributed by atoms with E-state index in [-0.39, 0.29) is 49.0 Å². The van der Waals surface area contributed by atoms with Crippen molar-refractivity contribution in [3.05, 3.63) is 70.0 Å². The van der Waals surface area contributed by atoms with Gasteiger partial charge in [-0.25, -0.2) is 9.18 Å². The minimum Gasteiger partial charge on any atom is -0.352 e. The van der Waals surface area contributed by atoms with Crippen molar-refractivity contribution in [2.75, 3.05) is 20.1 Å². The fourth-order valence-corrected chi connectivity index (χ4v) is 6.51. The summed E-state index contributed by atoms with van der Waals surface area (Å²) in [5.74, 6) is -2.79. The third kappa shape index (κ3) is 8.26. The first-order valence-corrected chi connectivity index (χ1v) is 14.6. The zero-order valence-electron chi connectivity index (χ0n) is 24.8. The molecule has 1 saturated carbocycles. The standard InChI is InChI=1S/C31H35F7N4O3/c1-17-11-22(32)5-8-24(17)26-16-42(27(43)19-3-6-23(7-4-19)40-29(39)45)10-9-25(26)28(44)41(2)15-18-12-20(30(33,34)35)14-21(13-18)31(36,37)38/h5,8,11-14,19,23,25-26H,3-4,6-7,9-10,15-16H2,1-2H3,(H3,39,40,45)/t19?,23?,25-,26+/m1/s1. The second-order valence-electron chi connectivity index (χ2n) is 12.0. The Kier molecular flexibility index (Phi) is 10.0. The monoisotopic (exact) mass is 644 g/mol. The Labute approximate surface area is 255 Å². The van der Waals surface area contributed by atoms with Crippen molar-refractivity contribution >= 4 is 17.8 Å². The number of carbonyl (C=O) groups is 3.